The van der Waals surface area contributed by atoms with Gasteiger partial charge < -0.3 is 15.5 Å². The van der Waals surface area contributed by atoms with Crippen LogP contribution in [0, 0.1) is 0 Å². The molecule has 4 nitrogen and oxygen atoms in total. The summed E-state index contributed by atoms with van der Waals surface area (Å²) in [7, 11) is 6.14. The monoisotopic (exact) mass is 298 g/mol. The molecule has 2 N–H and O–H groups in total. The molecule has 21 heavy (non-hydrogen) atoms. The fourth-order valence-electron chi connectivity index (χ4n) is 2.27. The van der Waals surface area contributed by atoms with Crippen LogP contribution >= 0.6 is 0 Å². The van der Waals surface area contributed by atoms with Gasteiger partial charge >= 0.3 is 0 Å². The number of unbranched alkanes of at least 4 members (excludes halogenated alkanes) is 7. The van der Waals surface area contributed by atoms with Gasteiger partial charge in [-0.1, -0.05) is 45.4 Å². The molecule has 0 spiro atoms. The molecule has 0 aliphatic heterocycles. The maximum absolute atomic E-state index is 4.26. The molecule has 4 heteroatoms. The van der Waals surface area contributed by atoms with Gasteiger partial charge in [-0.25, -0.2) is 0 Å². The minimum Gasteiger partial charge on any atom is -0.356 e. The van der Waals surface area contributed by atoms with Crippen LogP contribution in [0.5, 0.6) is 0 Å². The highest BCUT2D eigenvalue weighted by molar-refractivity contribution is 5.79. The average Bonchev–Trinajstić information content (AvgIpc) is 2.47. The molecule has 0 radical (unpaired) electrons. The summed E-state index contributed by atoms with van der Waals surface area (Å²) in [6.45, 7) is 5.52. The Hall–Kier alpha value is -0.770. The van der Waals surface area contributed by atoms with Gasteiger partial charge in [0.2, 0.25) is 0 Å². The van der Waals surface area contributed by atoms with E-state index in [0.717, 1.165) is 19.0 Å². The molecule has 0 unspecified atom stereocenters. The first-order valence-corrected chi connectivity index (χ1v) is 8.80. The molecule has 126 valence electrons. The van der Waals surface area contributed by atoms with Crippen molar-refractivity contribution in [3.8, 4) is 0 Å². The van der Waals surface area contributed by atoms with E-state index in [1.165, 1.54) is 64.3 Å². The maximum atomic E-state index is 4.26. The molecule has 0 atom stereocenters. The van der Waals surface area contributed by atoms with Crippen molar-refractivity contribution in [3.63, 3.8) is 0 Å². The smallest absolute Gasteiger partial charge is 0.190 e. The number of guanidine groups is 1. The van der Waals surface area contributed by atoms with E-state index in [9.17, 15) is 0 Å². The normalized spacial score (nSPS) is 12.0. The van der Waals surface area contributed by atoms with Crippen LogP contribution < -0.4 is 10.6 Å². The topological polar surface area (TPSA) is 39.7 Å². The van der Waals surface area contributed by atoms with E-state index in [1.807, 2.05) is 7.05 Å². The van der Waals surface area contributed by atoms with Gasteiger partial charge in [0.05, 0.1) is 0 Å². The van der Waals surface area contributed by atoms with Crippen molar-refractivity contribution in [2.75, 3.05) is 40.8 Å². The van der Waals surface area contributed by atoms with Crippen molar-refractivity contribution in [2.45, 2.75) is 64.7 Å². The minimum absolute atomic E-state index is 0.958. The number of nitrogens with zero attached hydrogens (tertiary/aromatic N) is 2. The molecular formula is C17H38N4. The van der Waals surface area contributed by atoms with Gasteiger partial charge in [0.25, 0.3) is 0 Å². The van der Waals surface area contributed by atoms with Crippen LogP contribution in [0.15, 0.2) is 4.99 Å². The molecule has 0 aromatic rings. The van der Waals surface area contributed by atoms with Crippen molar-refractivity contribution < 1.29 is 0 Å². The average molecular weight is 299 g/mol. The molecule has 0 aliphatic carbocycles. The van der Waals surface area contributed by atoms with E-state index in [4.69, 9.17) is 0 Å². The SMILES string of the molecule is CCCCCCNC(=NC)NCCCCCCCN(C)C. The first-order chi connectivity index (χ1) is 10.2. The van der Waals surface area contributed by atoms with Gasteiger partial charge in [0.1, 0.15) is 0 Å². The lowest BCUT2D eigenvalue weighted by atomic mass is 10.1. The van der Waals surface area contributed by atoms with Gasteiger partial charge in [0.15, 0.2) is 5.96 Å². The molecule has 0 saturated heterocycles. The fourth-order valence-corrected chi connectivity index (χ4v) is 2.27. The number of hydrogen-bond donors (Lipinski definition) is 2. The maximum Gasteiger partial charge on any atom is 0.190 e. The van der Waals surface area contributed by atoms with Crippen molar-refractivity contribution in [2.24, 2.45) is 4.99 Å². The minimum atomic E-state index is 0.958. The van der Waals surface area contributed by atoms with Crippen LogP contribution in [0.25, 0.3) is 0 Å². The highest BCUT2D eigenvalue weighted by Gasteiger charge is 1.97. The van der Waals surface area contributed by atoms with Gasteiger partial charge in [-0.2, -0.15) is 0 Å². The van der Waals surface area contributed by atoms with Gasteiger partial charge in [-0.05, 0) is 39.9 Å². The van der Waals surface area contributed by atoms with Crippen LogP contribution in [0.1, 0.15) is 64.7 Å². The summed E-state index contributed by atoms with van der Waals surface area (Å²) in [6.07, 6.45) is 11.7. The highest BCUT2D eigenvalue weighted by atomic mass is 15.2. The van der Waals surface area contributed by atoms with Crippen LogP contribution in [-0.4, -0.2) is 51.6 Å². The first-order valence-electron chi connectivity index (χ1n) is 8.80. The lowest BCUT2D eigenvalue weighted by Gasteiger charge is -2.12. The van der Waals surface area contributed by atoms with E-state index in [-0.39, 0.29) is 0 Å². The van der Waals surface area contributed by atoms with Crippen LogP contribution in [0.2, 0.25) is 0 Å². The summed E-state index contributed by atoms with van der Waals surface area (Å²) >= 11 is 0. The third kappa shape index (κ3) is 15.4. The number of aliphatic imine (C=N–C) groups is 1. The standard InChI is InChI=1S/C17H38N4/c1-5-6-7-11-14-19-17(18-2)20-15-12-9-8-10-13-16-21(3)4/h5-16H2,1-4H3,(H2,18,19,20). The van der Waals surface area contributed by atoms with Crippen LogP contribution in [-0.2, 0) is 0 Å². The summed E-state index contributed by atoms with van der Waals surface area (Å²) in [4.78, 5) is 6.52. The predicted octanol–water partition coefficient (Wildman–Crippen LogP) is 3.24. The summed E-state index contributed by atoms with van der Waals surface area (Å²) < 4.78 is 0. The lowest BCUT2D eigenvalue weighted by molar-refractivity contribution is 0.389. The molecule has 0 rings (SSSR count). The van der Waals surface area contributed by atoms with E-state index >= 15 is 0 Å². The van der Waals surface area contributed by atoms with Crippen molar-refractivity contribution >= 4 is 5.96 Å². The molecule has 0 bridgehead atoms. The van der Waals surface area contributed by atoms with E-state index in [0.29, 0.717) is 0 Å². The van der Waals surface area contributed by atoms with Crippen LogP contribution in [0.4, 0.5) is 0 Å². The molecule has 0 aromatic carbocycles. The quantitative estimate of drug-likeness (QED) is 0.311. The largest absolute Gasteiger partial charge is 0.356 e. The first kappa shape index (κ1) is 20.2. The Morgan fingerprint density at radius 1 is 0.810 bits per heavy atom. The molecule has 0 aliphatic rings. The summed E-state index contributed by atoms with van der Waals surface area (Å²) in [6, 6.07) is 0. The zero-order valence-electron chi connectivity index (χ0n) is 14.9. The van der Waals surface area contributed by atoms with Crippen LogP contribution in [0.3, 0.4) is 0 Å². The number of rotatable bonds is 13. The molecular weight excluding hydrogens is 260 g/mol. The molecule has 0 heterocycles. The second-order valence-corrected chi connectivity index (χ2v) is 6.06. The Morgan fingerprint density at radius 3 is 1.86 bits per heavy atom. The Kier molecular flexibility index (Phi) is 15.0. The second-order valence-electron chi connectivity index (χ2n) is 6.06. The van der Waals surface area contributed by atoms with Gasteiger partial charge in [-0.15, -0.1) is 0 Å². The molecule has 0 amide bonds. The Morgan fingerprint density at radius 2 is 1.33 bits per heavy atom. The summed E-state index contributed by atoms with van der Waals surface area (Å²) in [5.74, 6) is 0.958. The van der Waals surface area contributed by atoms with E-state index in [2.05, 4.69) is 41.5 Å². The lowest BCUT2D eigenvalue weighted by Crippen LogP contribution is -2.38. The van der Waals surface area contributed by atoms with Gasteiger partial charge in [-0.3, -0.25) is 4.99 Å². The molecule has 0 fully saturated rings. The van der Waals surface area contributed by atoms with Gasteiger partial charge in [0, 0.05) is 20.1 Å². The predicted molar refractivity (Wildman–Crippen MR) is 95.1 cm³/mol. The van der Waals surface area contributed by atoms with Crippen molar-refractivity contribution in [1.82, 2.24) is 15.5 Å². The third-order valence-electron chi connectivity index (χ3n) is 3.62. The zero-order valence-corrected chi connectivity index (χ0v) is 14.9. The zero-order chi connectivity index (χ0) is 15.8. The van der Waals surface area contributed by atoms with Crippen molar-refractivity contribution in [1.29, 1.82) is 0 Å². The summed E-state index contributed by atoms with van der Waals surface area (Å²) in [5, 5.41) is 6.79. The third-order valence-corrected chi connectivity index (χ3v) is 3.62. The van der Waals surface area contributed by atoms with E-state index < -0.39 is 0 Å². The van der Waals surface area contributed by atoms with Crippen molar-refractivity contribution in [3.05, 3.63) is 0 Å². The number of hydrogen-bond acceptors (Lipinski definition) is 2. The summed E-state index contributed by atoms with van der Waals surface area (Å²) in [5.41, 5.74) is 0. The Labute approximate surface area is 132 Å². The molecule has 0 aromatic heterocycles. The second kappa shape index (κ2) is 15.6. The Bertz CT molecular complexity index is 239. The highest BCUT2D eigenvalue weighted by Crippen LogP contribution is 2.02. The Balaban J connectivity index is 3.35. The number of nitrogens with one attached hydrogen (secondary N) is 2. The fraction of sp³-hybridized carbons (Fsp3) is 0.941. The molecule has 0 saturated carbocycles. The van der Waals surface area contributed by atoms with E-state index in [1.54, 1.807) is 0 Å².